The van der Waals surface area contributed by atoms with Gasteiger partial charge in [-0.3, -0.25) is 15.2 Å². The molecule has 0 aliphatic rings. The zero-order chi connectivity index (χ0) is 13.5. The molecule has 1 heterocycles. The maximum atomic E-state index is 11.8. The lowest BCUT2D eigenvalue weighted by atomic mass is 10.1. The molecule has 9 heteroatoms. The summed E-state index contributed by atoms with van der Waals surface area (Å²) in [6, 6.07) is -0.778. The van der Waals surface area contributed by atoms with Gasteiger partial charge in [0.25, 0.3) is 0 Å². The van der Waals surface area contributed by atoms with Crippen LogP contribution >= 0.6 is 23.6 Å². The van der Waals surface area contributed by atoms with Crippen molar-refractivity contribution < 1.29 is 14.7 Å². The number of hydrogen-bond donors (Lipinski definition) is 4. The molecule has 1 rings (SSSR count). The van der Waals surface area contributed by atoms with Crippen molar-refractivity contribution in [3.63, 3.8) is 0 Å². The Labute approximate surface area is 113 Å². The van der Waals surface area contributed by atoms with E-state index in [9.17, 15) is 9.59 Å². The SMILES string of the molecule is CCCCC(NC(=O)O)C(=O)Nc1n[nH]c(=S)s1. The van der Waals surface area contributed by atoms with Crippen LogP contribution in [-0.4, -0.2) is 33.3 Å². The molecular weight excluding hydrogens is 276 g/mol. The quantitative estimate of drug-likeness (QED) is 0.599. The number of H-pyrrole nitrogens is 1. The van der Waals surface area contributed by atoms with Gasteiger partial charge in [-0.2, -0.15) is 0 Å². The van der Waals surface area contributed by atoms with Crippen LogP contribution in [0.15, 0.2) is 0 Å². The molecule has 0 bridgehead atoms. The van der Waals surface area contributed by atoms with Crippen LogP contribution in [0.25, 0.3) is 0 Å². The summed E-state index contributed by atoms with van der Waals surface area (Å²) in [5.74, 6) is -0.427. The van der Waals surface area contributed by atoms with Crippen LogP contribution in [0.5, 0.6) is 0 Å². The van der Waals surface area contributed by atoms with Gasteiger partial charge in [-0.05, 0) is 18.6 Å². The van der Waals surface area contributed by atoms with Gasteiger partial charge < -0.3 is 10.4 Å². The standard InChI is InChI=1S/C9H14N4O3S2/c1-2-3-4-5(10-8(15)16)6(14)11-7-12-13-9(17)18-7/h5,10H,2-4H2,1H3,(H,13,17)(H,15,16)(H,11,12,14). The predicted octanol–water partition coefficient (Wildman–Crippen LogP) is 1.97. The Kier molecular flexibility index (Phi) is 5.72. The van der Waals surface area contributed by atoms with Crippen molar-refractivity contribution in [2.45, 2.75) is 32.2 Å². The van der Waals surface area contributed by atoms with E-state index in [1.165, 1.54) is 0 Å². The van der Waals surface area contributed by atoms with Gasteiger partial charge >= 0.3 is 6.09 Å². The van der Waals surface area contributed by atoms with Crippen LogP contribution in [0.4, 0.5) is 9.93 Å². The molecule has 1 aromatic rings. The first-order valence-corrected chi connectivity index (χ1v) is 6.61. The fourth-order valence-electron chi connectivity index (χ4n) is 1.30. The zero-order valence-electron chi connectivity index (χ0n) is 9.73. The average Bonchev–Trinajstić information content (AvgIpc) is 2.69. The Morgan fingerprint density at radius 3 is 2.83 bits per heavy atom. The molecule has 0 saturated carbocycles. The van der Waals surface area contributed by atoms with Crippen LogP contribution in [0.3, 0.4) is 0 Å². The Bertz CT molecular complexity index is 470. The van der Waals surface area contributed by atoms with E-state index in [-0.39, 0.29) is 0 Å². The van der Waals surface area contributed by atoms with Gasteiger partial charge in [-0.25, -0.2) is 4.79 Å². The number of anilines is 1. The molecule has 100 valence electrons. The normalized spacial score (nSPS) is 11.8. The largest absolute Gasteiger partial charge is 0.465 e. The predicted molar refractivity (Wildman–Crippen MR) is 70.4 cm³/mol. The monoisotopic (exact) mass is 290 g/mol. The summed E-state index contributed by atoms with van der Waals surface area (Å²) < 4.78 is 0.446. The second-order valence-corrected chi connectivity index (χ2v) is 5.22. The van der Waals surface area contributed by atoms with Gasteiger partial charge in [0, 0.05) is 0 Å². The smallest absolute Gasteiger partial charge is 0.405 e. The minimum absolute atomic E-state index is 0.332. The van der Waals surface area contributed by atoms with Crippen LogP contribution in [0.1, 0.15) is 26.2 Å². The Balaban J connectivity index is 2.62. The molecule has 0 aromatic carbocycles. The molecule has 0 aliphatic carbocycles. The van der Waals surface area contributed by atoms with Crippen molar-refractivity contribution in [3.05, 3.63) is 3.95 Å². The molecule has 0 spiro atoms. The Hall–Kier alpha value is -1.48. The molecular formula is C9H14N4O3S2. The van der Waals surface area contributed by atoms with Crippen molar-refractivity contribution in [2.75, 3.05) is 5.32 Å². The highest BCUT2D eigenvalue weighted by molar-refractivity contribution is 7.73. The first kappa shape index (κ1) is 14.6. The summed E-state index contributed by atoms with van der Waals surface area (Å²) in [4.78, 5) is 22.5. The Morgan fingerprint density at radius 2 is 2.33 bits per heavy atom. The first-order valence-electron chi connectivity index (χ1n) is 5.38. The number of carbonyl (C=O) groups excluding carboxylic acids is 1. The number of amides is 2. The molecule has 0 radical (unpaired) electrons. The number of carboxylic acid groups (broad SMARTS) is 1. The van der Waals surface area contributed by atoms with Gasteiger partial charge in [-0.15, -0.1) is 5.10 Å². The summed E-state index contributed by atoms with van der Waals surface area (Å²) >= 11 is 5.95. The number of rotatable bonds is 6. The van der Waals surface area contributed by atoms with Crippen LogP contribution in [0.2, 0.25) is 0 Å². The van der Waals surface area contributed by atoms with Crippen molar-refractivity contribution >= 4 is 40.7 Å². The molecule has 1 unspecified atom stereocenters. The zero-order valence-corrected chi connectivity index (χ0v) is 11.4. The minimum Gasteiger partial charge on any atom is -0.465 e. The molecule has 2 amide bonds. The molecule has 1 atom stereocenters. The fourth-order valence-corrected chi connectivity index (χ4v) is 2.09. The highest BCUT2D eigenvalue weighted by Gasteiger charge is 2.20. The van der Waals surface area contributed by atoms with Crippen LogP contribution < -0.4 is 10.6 Å². The van der Waals surface area contributed by atoms with E-state index in [0.717, 1.165) is 24.2 Å². The molecule has 18 heavy (non-hydrogen) atoms. The van der Waals surface area contributed by atoms with Crippen LogP contribution in [-0.2, 0) is 4.79 Å². The number of aromatic nitrogens is 2. The lowest BCUT2D eigenvalue weighted by Crippen LogP contribution is -2.43. The highest BCUT2D eigenvalue weighted by Crippen LogP contribution is 2.12. The van der Waals surface area contributed by atoms with Gasteiger partial charge in [-0.1, -0.05) is 31.1 Å². The minimum atomic E-state index is -1.22. The molecule has 4 N–H and O–H groups in total. The summed E-state index contributed by atoms with van der Waals surface area (Å²) in [6.07, 6.45) is 0.867. The van der Waals surface area contributed by atoms with Crippen molar-refractivity contribution in [1.82, 2.24) is 15.5 Å². The number of nitrogens with one attached hydrogen (secondary N) is 3. The third-order valence-corrected chi connectivity index (χ3v) is 3.13. The summed E-state index contributed by atoms with van der Waals surface area (Å²) in [5, 5.41) is 20.0. The number of aromatic amines is 1. The lowest BCUT2D eigenvalue weighted by molar-refractivity contribution is -0.118. The van der Waals surface area contributed by atoms with Gasteiger partial charge in [0.2, 0.25) is 11.0 Å². The number of hydrogen-bond acceptors (Lipinski definition) is 5. The lowest BCUT2D eigenvalue weighted by Gasteiger charge is -2.14. The summed E-state index contributed by atoms with van der Waals surface area (Å²) in [6.45, 7) is 1.97. The number of nitrogens with zero attached hydrogens (tertiary/aromatic N) is 1. The number of unbranched alkanes of at least 4 members (excludes halogenated alkanes) is 1. The van der Waals surface area contributed by atoms with E-state index in [1.807, 2.05) is 6.92 Å². The third kappa shape index (κ3) is 4.80. The second-order valence-electron chi connectivity index (χ2n) is 3.55. The fraction of sp³-hybridized carbons (Fsp3) is 0.556. The van der Waals surface area contributed by atoms with E-state index < -0.39 is 18.0 Å². The second kappa shape index (κ2) is 7.07. The summed E-state index contributed by atoms with van der Waals surface area (Å²) in [5.41, 5.74) is 0. The Morgan fingerprint density at radius 1 is 1.61 bits per heavy atom. The van der Waals surface area contributed by atoms with E-state index >= 15 is 0 Å². The highest BCUT2D eigenvalue weighted by atomic mass is 32.1. The van der Waals surface area contributed by atoms with Crippen molar-refractivity contribution in [3.8, 4) is 0 Å². The van der Waals surface area contributed by atoms with Gasteiger partial charge in [0.1, 0.15) is 6.04 Å². The molecule has 0 saturated heterocycles. The molecule has 1 aromatic heterocycles. The first-order chi connectivity index (χ1) is 8.52. The van der Waals surface area contributed by atoms with Gasteiger partial charge in [0.15, 0.2) is 3.95 Å². The van der Waals surface area contributed by atoms with Crippen LogP contribution in [0, 0.1) is 3.95 Å². The average molecular weight is 290 g/mol. The topological polar surface area (TPSA) is 107 Å². The molecule has 7 nitrogen and oxygen atoms in total. The summed E-state index contributed by atoms with van der Waals surface area (Å²) in [7, 11) is 0. The molecule has 0 fully saturated rings. The van der Waals surface area contributed by atoms with E-state index in [2.05, 4.69) is 20.8 Å². The maximum Gasteiger partial charge on any atom is 0.405 e. The van der Waals surface area contributed by atoms with Crippen molar-refractivity contribution in [2.24, 2.45) is 0 Å². The maximum absolute atomic E-state index is 11.8. The van der Waals surface area contributed by atoms with Crippen molar-refractivity contribution in [1.29, 1.82) is 0 Å². The van der Waals surface area contributed by atoms with E-state index in [0.29, 0.717) is 15.5 Å². The van der Waals surface area contributed by atoms with Gasteiger partial charge in [0.05, 0.1) is 0 Å². The van der Waals surface area contributed by atoms with E-state index in [4.69, 9.17) is 17.3 Å². The third-order valence-electron chi connectivity index (χ3n) is 2.13. The van der Waals surface area contributed by atoms with E-state index in [1.54, 1.807) is 0 Å². The number of carbonyl (C=O) groups is 2. The molecule has 0 aliphatic heterocycles.